The number of hydrogen-bond acceptors (Lipinski definition) is 13. The molecule has 20 heteroatoms. The van der Waals surface area contributed by atoms with Crippen molar-refractivity contribution < 1.29 is 43.2 Å². The molecule has 2 aliphatic rings. The van der Waals surface area contributed by atoms with Crippen LogP contribution in [0.25, 0.3) is 10.4 Å². The van der Waals surface area contributed by atoms with Gasteiger partial charge < -0.3 is 38.8 Å². The van der Waals surface area contributed by atoms with Crippen molar-refractivity contribution in [2.45, 2.75) is 156 Å². The second kappa shape index (κ2) is 21.2. The molecule has 2 N–H and O–H groups in total. The van der Waals surface area contributed by atoms with E-state index in [4.69, 9.17) is 18.9 Å². The third kappa shape index (κ3) is 15.1. The predicted octanol–water partition coefficient (Wildman–Crippen LogP) is 4.72. The van der Waals surface area contributed by atoms with Crippen LogP contribution in [0.1, 0.15) is 113 Å². The van der Waals surface area contributed by atoms with Crippen LogP contribution >= 0.6 is 0 Å². The molecule has 0 bridgehead atoms. The number of aryl methyl sites for hydroxylation is 1. The lowest BCUT2D eigenvalue weighted by Gasteiger charge is -2.37. The maximum atomic E-state index is 14.5. The number of amides is 3. The van der Waals surface area contributed by atoms with Crippen LogP contribution in [0.15, 0.2) is 20.9 Å². The van der Waals surface area contributed by atoms with E-state index in [1.54, 1.807) is 62.3 Å². The summed E-state index contributed by atoms with van der Waals surface area (Å²) in [5, 5.41) is 15.6. The molecule has 2 saturated heterocycles. The summed E-state index contributed by atoms with van der Waals surface area (Å²) in [7, 11) is 0. The van der Waals surface area contributed by atoms with Crippen molar-refractivity contribution in [1.82, 2.24) is 29.2 Å². The van der Waals surface area contributed by atoms with E-state index in [1.807, 2.05) is 11.8 Å². The highest BCUT2D eigenvalue weighted by atomic mass is 16.6. The molecule has 3 amide bonds. The summed E-state index contributed by atoms with van der Waals surface area (Å²) in [5.41, 5.74) is 5.91. The number of carbonyl (C=O) groups excluding carboxylic acids is 4. The number of ether oxygens (including phenoxy) is 4. The van der Waals surface area contributed by atoms with Crippen molar-refractivity contribution in [3.8, 4) is 0 Å². The van der Waals surface area contributed by atoms with Crippen LogP contribution in [0.3, 0.4) is 0 Å². The quantitative estimate of drug-likeness (QED) is 0.156. The molecule has 3 heterocycles. The van der Waals surface area contributed by atoms with Crippen molar-refractivity contribution in [2.24, 2.45) is 5.11 Å². The number of aromatic amines is 1. The average Bonchev–Trinajstić information content (AvgIpc) is 3.53. The molecule has 2 fully saturated rings. The zero-order chi connectivity index (χ0) is 45.2. The fraction of sp³-hybridized carbons (Fsp3) is 0.800. The largest absolute Gasteiger partial charge is 0.444 e. The van der Waals surface area contributed by atoms with Crippen LogP contribution in [-0.2, 0) is 23.7 Å². The number of rotatable bonds is 8. The highest BCUT2D eigenvalue weighted by Crippen LogP contribution is 2.33. The van der Waals surface area contributed by atoms with Gasteiger partial charge in [-0.25, -0.2) is 19.2 Å². The molecule has 0 radical (unpaired) electrons. The molecule has 2 aliphatic heterocycles. The number of nitrogens with zero attached hydrogens (tertiary/aromatic N) is 8. The average molecular weight is 850 g/mol. The van der Waals surface area contributed by atoms with E-state index in [0.717, 1.165) is 4.57 Å². The maximum Gasteiger partial charge on any atom is 0.410 e. The van der Waals surface area contributed by atoms with Crippen molar-refractivity contribution in [3.63, 3.8) is 0 Å². The zero-order valence-electron chi connectivity index (χ0n) is 37.3. The van der Waals surface area contributed by atoms with Crippen LogP contribution in [0, 0.1) is 6.92 Å². The molecule has 0 saturated carbocycles. The summed E-state index contributed by atoms with van der Waals surface area (Å²) in [6.45, 7) is 20.5. The van der Waals surface area contributed by atoms with Gasteiger partial charge in [0.2, 0.25) is 0 Å². The second-order valence-electron chi connectivity index (χ2n) is 18.3. The van der Waals surface area contributed by atoms with E-state index >= 15 is 0 Å². The number of hydrogen-bond donors (Lipinski definition) is 2. The summed E-state index contributed by atoms with van der Waals surface area (Å²) < 4.78 is 24.4. The number of aliphatic hydroxyl groups excluding tert-OH is 1. The molecule has 5 atom stereocenters. The Labute approximate surface area is 352 Å². The molecular weight excluding hydrogens is 782 g/mol. The van der Waals surface area contributed by atoms with Crippen molar-refractivity contribution >= 4 is 24.1 Å². The van der Waals surface area contributed by atoms with Crippen LogP contribution in [-0.4, -0.2) is 152 Å². The number of aromatic nitrogens is 2. The van der Waals surface area contributed by atoms with Gasteiger partial charge in [0.1, 0.15) is 35.2 Å². The van der Waals surface area contributed by atoms with Crippen molar-refractivity contribution in [2.75, 3.05) is 52.4 Å². The highest BCUT2D eigenvalue weighted by Gasteiger charge is 2.45. The number of carbonyl (C=O) groups is 4. The van der Waals surface area contributed by atoms with E-state index in [-0.39, 0.29) is 64.3 Å². The standard InChI is InChI=1S/C40H67N9O11/c1-12-15-28(30(50)31(51)32-27(43-44-41)24-29(57-32)49-25-26(2)33(52)42-34(49)53)45-16-13-17-47(36(55)59-39(6,7)8)22-23-48(37(56)60-40(9,10)11)19-14-18-46(21-20-45)35(54)58-38(3,4)5/h25,27-29,31-32,51H,12-24H2,1-11H3,(H,42,52,53)/t27?,28?,29-,31?,32+/m1/s1. The summed E-state index contributed by atoms with van der Waals surface area (Å²) >= 11 is 0. The second-order valence-corrected chi connectivity index (χ2v) is 18.3. The van der Waals surface area contributed by atoms with E-state index < -0.39 is 82.6 Å². The lowest BCUT2D eigenvalue weighted by Crippen LogP contribution is -2.53. The molecule has 0 spiro atoms. The van der Waals surface area contributed by atoms with Gasteiger partial charge in [0, 0.05) is 75.5 Å². The Hall–Kier alpha value is -4.65. The summed E-state index contributed by atoms with van der Waals surface area (Å²) in [4.78, 5) is 91.4. The lowest BCUT2D eigenvalue weighted by molar-refractivity contribution is -0.143. The first-order chi connectivity index (χ1) is 27.8. The lowest BCUT2D eigenvalue weighted by atomic mass is 9.94. The maximum absolute atomic E-state index is 14.5. The van der Waals surface area contributed by atoms with Crippen molar-refractivity contribution in [1.29, 1.82) is 0 Å². The van der Waals surface area contributed by atoms with E-state index in [1.165, 1.54) is 27.8 Å². The van der Waals surface area contributed by atoms with Gasteiger partial charge in [-0.05, 0) is 94.0 Å². The molecule has 0 aromatic carbocycles. The molecular formula is C40H67N9O11. The Balaban J connectivity index is 2.00. The van der Waals surface area contributed by atoms with Crippen LogP contribution in [0.4, 0.5) is 14.4 Å². The van der Waals surface area contributed by atoms with Gasteiger partial charge in [-0.15, -0.1) is 0 Å². The van der Waals surface area contributed by atoms with Gasteiger partial charge in [-0.3, -0.25) is 24.0 Å². The predicted molar refractivity (Wildman–Crippen MR) is 221 cm³/mol. The third-order valence-electron chi connectivity index (χ3n) is 9.71. The minimum atomic E-state index is -1.80. The summed E-state index contributed by atoms with van der Waals surface area (Å²) in [5.74, 6) is -0.618. The zero-order valence-corrected chi connectivity index (χ0v) is 37.3. The Morgan fingerprint density at radius 2 is 1.30 bits per heavy atom. The molecule has 3 unspecified atom stereocenters. The van der Waals surface area contributed by atoms with Crippen LogP contribution in [0.2, 0.25) is 0 Å². The van der Waals surface area contributed by atoms with Gasteiger partial charge in [-0.2, -0.15) is 0 Å². The number of Topliss-reactive ketones (excluding diaryl/α,β-unsaturated/α-hetero) is 1. The molecule has 20 nitrogen and oxygen atoms in total. The number of azide groups is 1. The van der Waals surface area contributed by atoms with Gasteiger partial charge in [0.05, 0.1) is 12.1 Å². The summed E-state index contributed by atoms with van der Waals surface area (Å²) in [6.07, 6.45) is -3.15. The Bertz CT molecular complexity index is 1810. The van der Waals surface area contributed by atoms with Gasteiger partial charge in [0.25, 0.3) is 5.56 Å². The third-order valence-corrected chi connectivity index (χ3v) is 9.71. The highest BCUT2D eigenvalue weighted by molar-refractivity contribution is 5.88. The molecule has 60 heavy (non-hydrogen) atoms. The Kier molecular flexibility index (Phi) is 17.6. The molecule has 1 aromatic heterocycles. The Morgan fingerprint density at radius 3 is 1.75 bits per heavy atom. The van der Waals surface area contributed by atoms with E-state index in [2.05, 4.69) is 15.0 Å². The number of aliphatic hydroxyl groups is 1. The number of H-pyrrole nitrogens is 1. The van der Waals surface area contributed by atoms with Gasteiger partial charge in [0.15, 0.2) is 5.78 Å². The Morgan fingerprint density at radius 1 is 0.833 bits per heavy atom. The normalized spacial score (nSPS) is 21.6. The topological polar surface area (TPSA) is 242 Å². The minimum absolute atomic E-state index is 0.0523. The molecule has 3 rings (SSSR count). The summed E-state index contributed by atoms with van der Waals surface area (Å²) in [6, 6.07) is -1.95. The fourth-order valence-electron chi connectivity index (χ4n) is 6.94. The van der Waals surface area contributed by atoms with Crippen molar-refractivity contribution in [3.05, 3.63) is 43.0 Å². The van der Waals surface area contributed by atoms with E-state index in [9.17, 15) is 39.4 Å². The SMILES string of the molecule is CCCC(C(=O)C(O)[C@H]1O[C@@H](n2cc(C)c(=O)[nH]c2=O)CC1N=[N+]=[N-])N1CCCN(C(=O)OC(C)(C)C)CCN(C(=O)OC(C)(C)C)CCCN(C(=O)OC(C)(C)C)CC1. The smallest absolute Gasteiger partial charge is 0.410 e. The van der Waals surface area contributed by atoms with Gasteiger partial charge in [-0.1, -0.05) is 18.5 Å². The van der Waals surface area contributed by atoms with Crippen LogP contribution < -0.4 is 11.2 Å². The van der Waals surface area contributed by atoms with Crippen LogP contribution in [0.5, 0.6) is 0 Å². The molecule has 1 aromatic rings. The first kappa shape index (κ1) is 49.7. The monoisotopic (exact) mass is 849 g/mol. The number of ketones is 1. The fourth-order valence-corrected chi connectivity index (χ4v) is 6.94. The molecule has 338 valence electrons. The molecule has 0 aliphatic carbocycles. The number of nitrogens with one attached hydrogen (secondary N) is 1. The first-order valence-corrected chi connectivity index (χ1v) is 20.8. The first-order valence-electron chi connectivity index (χ1n) is 20.8. The minimum Gasteiger partial charge on any atom is -0.444 e. The van der Waals surface area contributed by atoms with Gasteiger partial charge >= 0.3 is 24.0 Å². The van der Waals surface area contributed by atoms with E-state index in [0.29, 0.717) is 25.7 Å².